The van der Waals surface area contributed by atoms with Crippen LogP contribution in [0.1, 0.15) is 22.3 Å². The number of fused-ring (bicyclic) bond motifs is 3. The van der Waals surface area contributed by atoms with Crippen LogP contribution in [0.15, 0.2) is 114 Å². The Morgan fingerprint density at radius 2 is 1.58 bits per heavy atom. The molecule has 0 bridgehead atoms. The average molecular weight is 556 g/mol. The van der Waals surface area contributed by atoms with Crippen LogP contribution in [0.25, 0.3) is 40.1 Å². The number of aromatic nitrogens is 2. The van der Waals surface area contributed by atoms with E-state index in [0.29, 0.717) is 17.8 Å². The van der Waals surface area contributed by atoms with Crippen molar-refractivity contribution in [2.75, 3.05) is 0 Å². The summed E-state index contributed by atoms with van der Waals surface area (Å²) in [6.07, 6.45) is 4.00. The van der Waals surface area contributed by atoms with Crippen LogP contribution in [0.5, 0.6) is 5.75 Å². The summed E-state index contributed by atoms with van der Waals surface area (Å²) in [6.45, 7) is 0.527. The van der Waals surface area contributed by atoms with Gasteiger partial charge in [-0.1, -0.05) is 94.8 Å². The van der Waals surface area contributed by atoms with Crippen molar-refractivity contribution in [3.05, 3.63) is 136 Å². The predicted molar refractivity (Wildman–Crippen MR) is 157 cm³/mol. The van der Waals surface area contributed by atoms with E-state index in [9.17, 15) is 5.26 Å². The molecule has 2 heterocycles. The summed E-state index contributed by atoms with van der Waals surface area (Å²) in [4.78, 5) is 4.84. The van der Waals surface area contributed by atoms with Gasteiger partial charge in [0.05, 0.1) is 16.7 Å². The molecule has 0 aliphatic rings. The smallest absolute Gasteiger partial charge is 0.157 e. The SMILES string of the molecule is N#Cc1c(/C=C/c2ccc(OCc3ccccc3)cc2)cc(-c2ccc(Br)cc2)n2c1nc1ccccc12. The van der Waals surface area contributed by atoms with Crippen molar-refractivity contribution in [1.29, 1.82) is 5.26 Å². The molecule has 0 fully saturated rings. The van der Waals surface area contributed by atoms with Gasteiger partial charge in [-0.3, -0.25) is 4.40 Å². The van der Waals surface area contributed by atoms with Crippen molar-refractivity contribution in [3.63, 3.8) is 0 Å². The Hall–Kier alpha value is -4.66. The summed E-state index contributed by atoms with van der Waals surface area (Å²) in [5.41, 5.74) is 8.00. The third-order valence-electron chi connectivity index (χ3n) is 6.44. The minimum Gasteiger partial charge on any atom is -0.489 e. The molecule has 0 saturated heterocycles. The summed E-state index contributed by atoms with van der Waals surface area (Å²) in [7, 11) is 0. The lowest BCUT2D eigenvalue weighted by Crippen LogP contribution is -1.98. The normalized spacial score (nSPS) is 11.3. The van der Waals surface area contributed by atoms with Crippen LogP contribution in [0.2, 0.25) is 0 Å². The highest BCUT2D eigenvalue weighted by molar-refractivity contribution is 9.10. The quantitative estimate of drug-likeness (QED) is 0.207. The molecule has 0 saturated carbocycles. The molecule has 38 heavy (non-hydrogen) atoms. The van der Waals surface area contributed by atoms with E-state index >= 15 is 0 Å². The summed E-state index contributed by atoms with van der Waals surface area (Å²) in [5.74, 6) is 0.812. The van der Waals surface area contributed by atoms with E-state index in [0.717, 1.165) is 49.2 Å². The lowest BCUT2D eigenvalue weighted by molar-refractivity contribution is 0.306. The largest absolute Gasteiger partial charge is 0.489 e. The zero-order valence-corrected chi connectivity index (χ0v) is 22.0. The Balaban J connectivity index is 1.37. The molecule has 0 radical (unpaired) electrons. The van der Waals surface area contributed by atoms with Crippen LogP contribution < -0.4 is 4.74 Å². The molecule has 0 aliphatic carbocycles. The van der Waals surface area contributed by atoms with Gasteiger partial charge in [-0.15, -0.1) is 0 Å². The number of ether oxygens (including phenoxy) is 1. The monoisotopic (exact) mass is 555 g/mol. The van der Waals surface area contributed by atoms with Gasteiger partial charge in [-0.25, -0.2) is 4.98 Å². The van der Waals surface area contributed by atoms with Gasteiger partial charge < -0.3 is 4.74 Å². The third kappa shape index (κ3) is 4.70. The minimum absolute atomic E-state index is 0.527. The molecule has 6 rings (SSSR count). The van der Waals surface area contributed by atoms with Crippen molar-refractivity contribution in [2.24, 2.45) is 0 Å². The first-order valence-electron chi connectivity index (χ1n) is 12.2. The van der Waals surface area contributed by atoms with Gasteiger partial charge in [0.25, 0.3) is 0 Å². The summed E-state index contributed by atoms with van der Waals surface area (Å²) in [5, 5.41) is 10.2. The van der Waals surface area contributed by atoms with Crippen LogP contribution >= 0.6 is 15.9 Å². The van der Waals surface area contributed by atoms with Crippen molar-refractivity contribution >= 4 is 44.8 Å². The number of nitriles is 1. The van der Waals surface area contributed by atoms with Gasteiger partial charge in [0.15, 0.2) is 5.65 Å². The average Bonchev–Trinajstić information content (AvgIpc) is 3.35. The van der Waals surface area contributed by atoms with Crippen molar-refractivity contribution < 1.29 is 4.74 Å². The lowest BCUT2D eigenvalue weighted by Gasteiger charge is -2.11. The Labute approximate surface area is 229 Å². The van der Waals surface area contributed by atoms with Crippen molar-refractivity contribution in [1.82, 2.24) is 9.38 Å². The predicted octanol–water partition coefficient (Wildman–Crippen LogP) is 8.54. The summed E-state index contributed by atoms with van der Waals surface area (Å²) in [6, 6.07) is 38.7. The molecular formula is C33H22BrN3O. The molecule has 4 nitrogen and oxygen atoms in total. The van der Waals surface area contributed by atoms with Crippen molar-refractivity contribution in [3.8, 4) is 23.1 Å². The van der Waals surface area contributed by atoms with Crippen LogP contribution in [0, 0.1) is 11.3 Å². The molecule has 0 atom stereocenters. The van der Waals surface area contributed by atoms with E-state index in [4.69, 9.17) is 9.72 Å². The molecule has 0 aliphatic heterocycles. The highest BCUT2D eigenvalue weighted by atomic mass is 79.9. The molecule has 0 N–H and O–H groups in total. The van der Waals surface area contributed by atoms with E-state index in [2.05, 4.69) is 44.6 Å². The van der Waals surface area contributed by atoms with E-state index in [1.807, 2.05) is 103 Å². The van der Waals surface area contributed by atoms with Crippen LogP contribution in [0.4, 0.5) is 0 Å². The number of para-hydroxylation sites is 2. The Morgan fingerprint density at radius 1 is 0.842 bits per heavy atom. The fraction of sp³-hybridized carbons (Fsp3) is 0.0303. The number of imidazole rings is 1. The first-order chi connectivity index (χ1) is 18.7. The number of pyridine rings is 1. The lowest BCUT2D eigenvalue weighted by atomic mass is 10.0. The highest BCUT2D eigenvalue weighted by Gasteiger charge is 2.17. The highest BCUT2D eigenvalue weighted by Crippen LogP contribution is 2.31. The number of benzene rings is 4. The van der Waals surface area contributed by atoms with Crippen LogP contribution in [-0.2, 0) is 6.61 Å². The second-order valence-electron chi connectivity index (χ2n) is 8.91. The number of nitrogens with zero attached hydrogens (tertiary/aromatic N) is 3. The first kappa shape index (κ1) is 23.7. The maximum atomic E-state index is 10.2. The van der Waals surface area contributed by atoms with Gasteiger partial charge in [-0.05, 0) is 64.7 Å². The molecule has 5 heteroatoms. The fourth-order valence-electron chi connectivity index (χ4n) is 4.53. The van der Waals surface area contributed by atoms with Crippen LogP contribution in [0.3, 0.4) is 0 Å². The molecular weight excluding hydrogens is 534 g/mol. The van der Waals surface area contributed by atoms with Crippen LogP contribution in [-0.4, -0.2) is 9.38 Å². The molecule has 0 spiro atoms. The number of rotatable bonds is 6. The first-order valence-corrected chi connectivity index (χ1v) is 13.0. The summed E-state index contributed by atoms with van der Waals surface area (Å²) < 4.78 is 9.00. The topological polar surface area (TPSA) is 50.3 Å². The summed E-state index contributed by atoms with van der Waals surface area (Å²) >= 11 is 3.53. The number of hydrogen-bond donors (Lipinski definition) is 0. The van der Waals surface area contributed by atoms with E-state index in [-0.39, 0.29) is 0 Å². The molecule has 2 aromatic heterocycles. The molecule has 0 amide bonds. The second kappa shape index (κ2) is 10.4. The fourth-order valence-corrected chi connectivity index (χ4v) is 4.80. The van der Waals surface area contributed by atoms with E-state index in [1.54, 1.807) is 0 Å². The van der Waals surface area contributed by atoms with Gasteiger partial charge in [0.1, 0.15) is 24.0 Å². The van der Waals surface area contributed by atoms with Crippen molar-refractivity contribution in [2.45, 2.75) is 6.61 Å². The van der Waals surface area contributed by atoms with Gasteiger partial charge in [-0.2, -0.15) is 5.26 Å². The molecule has 182 valence electrons. The molecule has 4 aromatic carbocycles. The standard InChI is InChI=1S/C33H22BrN3O/c34-27-16-14-25(15-17-27)32-20-26(29(21-35)33-36-30-8-4-5-9-31(30)37(32)33)13-10-23-11-18-28(19-12-23)38-22-24-6-2-1-3-7-24/h1-20H,22H2/b13-10+. The molecule has 0 unspecified atom stereocenters. The number of hydrogen-bond acceptors (Lipinski definition) is 3. The molecule has 6 aromatic rings. The minimum atomic E-state index is 0.527. The Bertz CT molecular complexity index is 1810. The van der Waals surface area contributed by atoms with Gasteiger partial charge in [0.2, 0.25) is 0 Å². The Kier molecular flexibility index (Phi) is 6.47. The second-order valence-corrected chi connectivity index (χ2v) is 9.83. The van der Waals surface area contributed by atoms with Gasteiger partial charge in [0, 0.05) is 4.47 Å². The third-order valence-corrected chi connectivity index (χ3v) is 6.97. The van der Waals surface area contributed by atoms with E-state index < -0.39 is 0 Å². The van der Waals surface area contributed by atoms with E-state index in [1.165, 1.54) is 0 Å². The zero-order chi connectivity index (χ0) is 25.9. The maximum absolute atomic E-state index is 10.2. The Morgan fingerprint density at radius 3 is 2.34 bits per heavy atom. The maximum Gasteiger partial charge on any atom is 0.157 e. The number of halogens is 1. The van der Waals surface area contributed by atoms with Gasteiger partial charge >= 0.3 is 0 Å². The zero-order valence-electron chi connectivity index (χ0n) is 20.4.